The van der Waals surface area contributed by atoms with Crippen LogP contribution in [0.5, 0.6) is 11.5 Å². The standard InChI is InChI=1S/C22H17FNO/c1-12-10-14-6-4-9-18-21(14)20(13(12)2)22-19(25-18)11-15-16(23)7-5-8-17(15)24(22)3/h4-11H,1-3H3/q+1. The number of hydrogen-bond acceptors (Lipinski definition) is 1. The summed E-state index contributed by atoms with van der Waals surface area (Å²) >= 11 is 0. The van der Waals surface area contributed by atoms with Crippen molar-refractivity contribution in [2.75, 3.05) is 0 Å². The maximum atomic E-state index is 14.3. The molecule has 0 fully saturated rings. The second-order valence-electron chi connectivity index (χ2n) is 6.74. The van der Waals surface area contributed by atoms with Crippen LogP contribution in [0, 0.1) is 19.7 Å². The van der Waals surface area contributed by atoms with Crippen LogP contribution in [-0.4, -0.2) is 0 Å². The fourth-order valence-electron chi connectivity index (χ4n) is 3.98. The SMILES string of the molecule is Cc1cc2cccc3c2c(c1C)-c1c(cc2c(F)cccc2[n+]1C)O3. The van der Waals surface area contributed by atoms with E-state index in [1.54, 1.807) is 6.07 Å². The lowest BCUT2D eigenvalue weighted by molar-refractivity contribution is -0.633. The van der Waals surface area contributed by atoms with Gasteiger partial charge in [-0.2, -0.15) is 4.57 Å². The smallest absolute Gasteiger partial charge is 0.256 e. The number of benzene rings is 3. The highest BCUT2D eigenvalue weighted by Crippen LogP contribution is 2.47. The molecule has 0 unspecified atom stereocenters. The van der Waals surface area contributed by atoms with E-state index < -0.39 is 0 Å². The van der Waals surface area contributed by atoms with Crippen LogP contribution in [0.4, 0.5) is 4.39 Å². The van der Waals surface area contributed by atoms with E-state index in [1.807, 2.05) is 35.9 Å². The van der Waals surface area contributed by atoms with Gasteiger partial charge in [0, 0.05) is 17.5 Å². The first-order valence-corrected chi connectivity index (χ1v) is 8.38. The molecular weight excluding hydrogens is 313 g/mol. The number of ether oxygens (including phenoxy) is 1. The first-order valence-electron chi connectivity index (χ1n) is 8.38. The lowest BCUT2D eigenvalue weighted by atomic mass is 9.90. The molecular formula is C22H17FNO+. The summed E-state index contributed by atoms with van der Waals surface area (Å²) in [6.45, 7) is 4.28. The van der Waals surface area contributed by atoms with E-state index in [4.69, 9.17) is 4.74 Å². The molecule has 2 nitrogen and oxygen atoms in total. The number of nitrogens with zero attached hydrogens (tertiary/aromatic N) is 1. The Hall–Kier alpha value is -2.94. The third-order valence-corrected chi connectivity index (χ3v) is 5.34. The highest BCUT2D eigenvalue weighted by molar-refractivity contribution is 6.05. The van der Waals surface area contributed by atoms with Crippen molar-refractivity contribution in [1.29, 1.82) is 0 Å². The molecule has 0 N–H and O–H groups in total. The number of aromatic nitrogens is 1. The Morgan fingerprint density at radius 3 is 2.60 bits per heavy atom. The highest BCUT2D eigenvalue weighted by atomic mass is 19.1. The Labute approximate surface area is 145 Å². The van der Waals surface area contributed by atoms with Crippen LogP contribution in [0.3, 0.4) is 0 Å². The van der Waals surface area contributed by atoms with Gasteiger partial charge in [-0.1, -0.05) is 24.3 Å². The fraction of sp³-hybridized carbons (Fsp3) is 0.136. The quantitative estimate of drug-likeness (QED) is 0.349. The summed E-state index contributed by atoms with van der Waals surface area (Å²) in [5, 5.41) is 2.87. The molecule has 0 atom stereocenters. The lowest BCUT2D eigenvalue weighted by Crippen LogP contribution is -2.33. The molecule has 25 heavy (non-hydrogen) atoms. The van der Waals surface area contributed by atoms with Gasteiger partial charge in [-0.3, -0.25) is 0 Å². The molecule has 3 aromatic carbocycles. The van der Waals surface area contributed by atoms with Gasteiger partial charge in [-0.25, -0.2) is 4.39 Å². The molecule has 1 aromatic heterocycles. The predicted molar refractivity (Wildman–Crippen MR) is 97.6 cm³/mol. The van der Waals surface area contributed by atoms with Crippen LogP contribution in [0.15, 0.2) is 48.5 Å². The number of aryl methyl sites for hydroxylation is 2. The molecule has 0 saturated carbocycles. The Morgan fingerprint density at radius 1 is 0.960 bits per heavy atom. The van der Waals surface area contributed by atoms with E-state index in [0.29, 0.717) is 11.1 Å². The minimum Gasteiger partial charge on any atom is -0.450 e. The van der Waals surface area contributed by atoms with Crippen LogP contribution in [-0.2, 0) is 7.05 Å². The van der Waals surface area contributed by atoms with Gasteiger partial charge in [0.05, 0.1) is 10.9 Å². The number of halogens is 1. The molecule has 0 radical (unpaired) electrons. The van der Waals surface area contributed by atoms with Crippen molar-refractivity contribution >= 4 is 21.7 Å². The normalized spacial score (nSPS) is 12.3. The molecule has 122 valence electrons. The van der Waals surface area contributed by atoms with Crippen molar-refractivity contribution in [3.05, 3.63) is 65.5 Å². The fourth-order valence-corrected chi connectivity index (χ4v) is 3.98. The summed E-state index contributed by atoms with van der Waals surface area (Å²) in [5.41, 5.74) is 5.52. The summed E-state index contributed by atoms with van der Waals surface area (Å²) in [4.78, 5) is 0. The van der Waals surface area contributed by atoms with Gasteiger partial charge in [-0.15, -0.1) is 0 Å². The van der Waals surface area contributed by atoms with Crippen molar-refractivity contribution in [2.24, 2.45) is 7.05 Å². The summed E-state index contributed by atoms with van der Waals surface area (Å²) in [5.74, 6) is 1.30. The van der Waals surface area contributed by atoms with E-state index in [9.17, 15) is 4.39 Å². The van der Waals surface area contributed by atoms with Gasteiger partial charge in [0.15, 0.2) is 5.75 Å². The Morgan fingerprint density at radius 2 is 1.76 bits per heavy atom. The van der Waals surface area contributed by atoms with Crippen LogP contribution in [0.1, 0.15) is 11.1 Å². The number of rotatable bonds is 0. The molecule has 0 saturated heterocycles. The Bertz CT molecular complexity index is 1210. The minimum absolute atomic E-state index is 0.232. The highest BCUT2D eigenvalue weighted by Gasteiger charge is 2.31. The van der Waals surface area contributed by atoms with Crippen LogP contribution >= 0.6 is 0 Å². The monoisotopic (exact) mass is 330 g/mol. The summed E-state index contributed by atoms with van der Waals surface area (Å²) in [6.07, 6.45) is 0. The van der Waals surface area contributed by atoms with Crippen LogP contribution in [0.25, 0.3) is 32.9 Å². The van der Waals surface area contributed by atoms with E-state index in [1.165, 1.54) is 28.1 Å². The summed E-state index contributed by atoms with van der Waals surface area (Å²) in [6, 6.07) is 15.3. The average molecular weight is 330 g/mol. The van der Waals surface area contributed by atoms with Gasteiger partial charge in [0.25, 0.3) is 5.69 Å². The van der Waals surface area contributed by atoms with Gasteiger partial charge in [-0.05, 0) is 42.5 Å². The summed E-state index contributed by atoms with van der Waals surface area (Å²) in [7, 11) is 1.98. The van der Waals surface area contributed by atoms with Crippen LogP contribution in [0.2, 0.25) is 0 Å². The number of fused-ring (bicyclic) bond motifs is 3. The second-order valence-corrected chi connectivity index (χ2v) is 6.74. The molecule has 0 aliphatic carbocycles. The Balaban J connectivity index is 2.03. The topological polar surface area (TPSA) is 13.1 Å². The van der Waals surface area contributed by atoms with Gasteiger partial charge in [0.2, 0.25) is 5.52 Å². The zero-order chi connectivity index (χ0) is 17.3. The molecule has 4 aromatic rings. The predicted octanol–water partition coefficient (Wildman–Crippen LogP) is 5.35. The van der Waals surface area contributed by atoms with Gasteiger partial charge < -0.3 is 4.74 Å². The largest absolute Gasteiger partial charge is 0.450 e. The maximum Gasteiger partial charge on any atom is 0.256 e. The van der Waals surface area contributed by atoms with E-state index >= 15 is 0 Å². The molecule has 0 amide bonds. The lowest BCUT2D eigenvalue weighted by Gasteiger charge is -2.22. The molecule has 1 aliphatic rings. The van der Waals surface area contributed by atoms with E-state index in [-0.39, 0.29) is 5.82 Å². The second kappa shape index (κ2) is 4.79. The third-order valence-electron chi connectivity index (χ3n) is 5.34. The molecule has 3 heteroatoms. The minimum atomic E-state index is -0.232. The Kier molecular flexibility index (Phi) is 2.76. The van der Waals surface area contributed by atoms with Crippen molar-refractivity contribution < 1.29 is 13.7 Å². The van der Waals surface area contributed by atoms with Gasteiger partial charge in [0.1, 0.15) is 18.6 Å². The number of hydrogen-bond donors (Lipinski definition) is 0. The molecule has 2 heterocycles. The van der Waals surface area contributed by atoms with Crippen molar-refractivity contribution in [3.63, 3.8) is 0 Å². The molecule has 0 spiro atoms. The van der Waals surface area contributed by atoms with Crippen LogP contribution < -0.4 is 9.30 Å². The van der Waals surface area contributed by atoms with E-state index in [2.05, 4.69) is 26.0 Å². The average Bonchev–Trinajstić information content (AvgIpc) is 2.60. The third kappa shape index (κ3) is 1.81. The zero-order valence-electron chi connectivity index (χ0n) is 14.4. The van der Waals surface area contributed by atoms with E-state index in [0.717, 1.165) is 22.3 Å². The maximum absolute atomic E-state index is 14.3. The summed E-state index contributed by atoms with van der Waals surface area (Å²) < 4.78 is 22.6. The van der Waals surface area contributed by atoms with Gasteiger partial charge >= 0.3 is 0 Å². The molecule has 5 rings (SSSR count). The molecule has 1 aliphatic heterocycles. The number of pyridine rings is 1. The first-order chi connectivity index (χ1) is 12.1. The molecule has 0 bridgehead atoms. The van der Waals surface area contributed by atoms with Crippen molar-refractivity contribution in [2.45, 2.75) is 13.8 Å². The van der Waals surface area contributed by atoms with Crippen molar-refractivity contribution in [3.8, 4) is 22.8 Å². The van der Waals surface area contributed by atoms with Crippen molar-refractivity contribution in [1.82, 2.24) is 0 Å². The zero-order valence-corrected chi connectivity index (χ0v) is 14.4. The first kappa shape index (κ1) is 14.4.